The fourth-order valence-electron chi connectivity index (χ4n) is 1.38. The van der Waals surface area contributed by atoms with E-state index < -0.39 is 0 Å². The van der Waals surface area contributed by atoms with E-state index >= 15 is 0 Å². The molecule has 2 heterocycles. The molecule has 2 aromatic heterocycles. The number of guanidine groups is 1. The molecule has 2 aromatic rings. The van der Waals surface area contributed by atoms with Crippen molar-refractivity contribution < 1.29 is 0 Å². The van der Waals surface area contributed by atoms with Crippen molar-refractivity contribution in [3.8, 4) is 0 Å². The van der Waals surface area contributed by atoms with Gasteiger partial charge in [0.05, 0.1) is 10.7 Å². The summed E-state index contributed by atoms with van der Waals surface area (Å²) in [5.74, 6) is 0.406. The summed E-state index contributed by atoms with van der Waals surface area (Å²) < 4.78 is 1.84. The molecule has 0 aliphatic heterocycles. The third kappa shape index (κ3) is 3.14. The molecule has 0 fully saturated rings. The van der Waals surface area contributed by atoms with E-state index in [0.29, 0.717) is 10.8 Å². The van der Waals surface area contributed by atoms with E-state index in [2.05, 4.69) is 9.98 Å². The molecule has 0 atom stereocenters. The van der Waals surface area contributed by atoms with Gasteiger partial charge in [-0.2, -0.15) is 4.99 Å². The van der Waals surface area contributed by atoms with Crippen LogP contribution in [0.25, 0.3) is 5.65 Å². The number of amidine groups is 1. The maximum atomic E-state index is 7.50. The molecule has 6 nitrogen and oxygen atoms in total. The highest BCUT2D eigenvalue weighted by molar-refractivity contribution is 8.13. The Bertz CT molecular complexity index is 616. The third-order valence-electron chi connectivity index (χ3n) is 2.05. The van der Waals surface area contributed by atoms with Gasteiger partial charge in [-0.25, -0.2) is 4.98 Å². The number of rotatable bonds is 2. The topological polar surface area (TPSA) is 106 Å². The molecule has 0 aliphatic carbocycles. The van der Waals surface area contributed by atoms with Crippen molar-refractivity contribution in [2.75, 3.05) is 0 Å². The number of nitrogens with one attached hydrogen (secondary N) is 1. The summed E-state index contributed by atoms with van der Waals surface area (Å²) in [6.07, 6.45) is 3.64. The number of hydrogen-bond acceptors (Lipinski definition) is 3. The van der Waals surface area contributed by atoms with Crippen LogP contribution in [0.5, 0.6) is 0 Å². The van der Waals surface area contributed by atoms with Gasteiger partial charge in [0.2, 0.25) is 0 Å². The van der Waals surface area contributed by atoms with Crippen molar-refractivity contribution >= 4 is 40.1 Å². The molecule has 0 spiro atoms. The van der Waals surface area contributed by atoms with E-state index in [9.17, 15) is 0 Å². The summed E-state index contributed by atoms with van der Waals surface area (Å²) in [5, 5.41) is 8.20. The van der Waals surface area contributed by atoms with Gasteiger partial charge < -0.3 is 15.9 Å². The van der Waals surface area contributed by atoms with Crippen LogP contribution in [0.4, 0.5) is 0 Å². The van der Waals surface area contributed by atoms with Crippen molar-refractivity contribution in [2.45, 2.75) is 5.75 Å². The van der Waals surface area contributed by atoms with Gasteiger partial charge in [0.15, 0.2) is 11.1 Å². The van der Waals surface area contributed by atoms with Gasteiger partial charge in [-0.1, -0.05) is 23.4 Å². The molecule has 5 N–H and O–H groups in total. The predicted molar refractivity (Wildman–Crippen MR) is 75.0 cm³/mol. The average Bonchev–Trinajstić information content (AvgIpc) is 2.67. The van der Waals surface area contributed by atoms with E-state index in [1.807, 2.05) is 16.7 Å². The first-order chi connectivity index (χ1) is 8.54. The maximum Gasteiger partial charge on any atom is 0.193 e. The number of aliphatic imine (C=N–C) groups is 1. The minimum atomic E-state index is -0.116. The molecular formula is C10H11ClN6S. The first-order valence-corrected chi connectivity index (χ1v) is 6.35. The van der Waals surface area contributed by atoms with Crippen LogP contribution in [0.15, 0.2) is 29.5 Å². The quantitative estimate of drug-likeness (QED) is 0.572. The zero-order chi connectivity index (χ0) is 13.1. The van der Waals surface area contributed by atoms with E-state index in [0.717, 1.165) is 11.3 Å². The first-order valence-electron chi connectivity index (χ1n) is 4.99. The van der Waals surface area contributed by atoms with Crippen LogP contribution in [0.2, 0.25) is 5.02 Å². The normalized spacial score (nSPS) is 10.5. The van der Waals surface area contributed by atoms with Gasteiger partial charge >= 0.3 is 0 Å². The lowest BCUT2D eigenvalue weighted by Gasteiger charge is -1.95. The number of aromatic nitrogens is 2. The number of pyridine rings is 1. The predicted octanol–water partition coefficient (Wildman–Crippen LogP) is 1.43. The highest BCUT2D eigenvalue weighted by atomic mass is 35.5. The number of imidazole rings is 1. The Hall–Kier alpha value is -1.73. The van der Waals surface area contributed by atoms with Gasteiger partial charge in [-0.15, -0.1) is 0 Å². The Morgan fingerprint density at radius 1 is 1.44 bits per heavy atom. The third-order valence-corrected chi connectivity index (χ3v) is 3.08. The summed E-state index contributed by atoms with van der Waals surface area (Å²) in [6, 6.07) is 3.61. The Morgan fingerprint density at radius 3 is 2.94 bits per heavy atom. The molecule has 0 bridgehead atoms. The maximum absolute atomic E-state index is 7.50. The number of halogens is 1. The molecule has 0 radical (unpaired) electrons. The Balaban J connectivity index is 2.08. The second-order valence-electron chi connectivity index (χ2n) is 3.48. The van der Waals surface area contributed by atoms with Crippen LogP contribution in [0, 0.1) is 5.41 Å². The largest absolute Gasteiger partial charge is 0.370 e. The van der Waals surface area contributed by atoms with Gasteiger partial charge in [0.25, 0.3) is 0 Å². The second-order valence-corrected chi connectivity index (χ2v) is 4.88. The fourth-order valence-corrected chi connectivity index (χ4v) is 2.14. The fraction of sp³-hybridized carbons (Fsp3) is 0.100. The van der Waals surface area contributed by atoms with Crippen molar-refractivity contribution in [1.29, 1.82) is 5.41 Å². The Morgan fingerprint density at radius 2 is 2.22 bits per heavy atom. The molecule has 0 unspecified atom stereocenters. The molecule has 0 saturated carbocycles. The molecule has 94 valence electrons. The van der Waals surface area contributed by atoms with Crippen LogP contribution in [-0.4, -0.2) is 20.5 Å². The van der Waals surface area contributed by atoms with Crippen LogP contribution in [0.1, 0.15) is 5.69 Å². The smallest absolute Gasteiger partial charge is 0.193 e. The molecule has 0 aliphatic rings. The zero-order valence-electron chi connectivity index (χ0n) is 9.30. The van der Waals surface area contributed by atoms with E-state index in [-0.39, 0.29) is 11.1 Å². The van der Waals surface area contributed by atoms with Gasteiger partial charge in [-0.05, 0) is 12.1 Å². The van der Waals surface area contributed by atoms with Crippen LogP contribution >= 0.6 is 23.4 Å². The highest BCUT2D eigenvalue weighted by Crippen LogP contribution is 2.16. The van der Waals surface area contributed by atoms with Gasteiger partial charge in [0, 0.05) is 18.1 Å². The molecule has 18 heavy (non-hydrogen) atoms. The standard InChI is InChI=1S/C10H11ClN6S/c11-6-1-2-8-15-7(4-17(8)3-6)5-18-10(14)16-9(12)13/h1-4H,5H2,(H5,12,13,14,16). The highest BCUT2D eigenvalue weighted by Gasteiger charge is 2.04. The minimum absolute atomic E-state index is 0.0603. The zero-order valence-corrected chi connectivity index (χ0v) is 10.9. The molecule has 0 aromatic carbocycles. The molecule has 0 amide bonds. The van der Waals surface area contributed by atoms with E-state index in [1.165, 1.54) is 11.8 Å². The minimum Gasteiger partial charge on any atom is -0.370 e. The van der Waals surface area contributed by atoms with E-state index in [4.69, 9.17) is 28.5 Å². The van der Waals surface area contributed by atoms with E-state index in [1.54, 1.807) is 12.3 Å². The lowest BCUT2D eigenvalue weighted by atomic mass is 10.5. The van der Waals surface area contributed by atoms with Gasteiger partial charge in [0.1, 0.15) is 5.65 Å². The lowest BCUT2D eigenvalue weighted by Crippen LogP contribution is -2.23. The monoisotopic (exact) mass is 282 g/mol. The number of thioether (sulfide) groups is 1. The average molecular weight is 283 g/mol. The number of nitrogens with two attached hydrogens (primary N) is 2. The Labute approximate surface area is 113 Å². The number of nitrogens with zero attached hydrogens (tertiary/aromatic N) is 3. The Kier molecular flexibility index (Phi) is 3.73. The SMILES string of the molecule is N=C(N=C(N)N)SCc1cn2cc(Cl)ccc2n1. The van der Waals surface area contributed by atoms with Gasteiger partial charge in [-0.3, -0.25) is 5.41 Å². The van der Waals surface area contributed by atoms with Crippen LogP contribution < -0.4 is 11.5 Å². The van der Waals surface area contributed by atoms with Crippen molar-refractivity contribution in [1.82, 2.24) is 9.38 Å². The lowest BCUT2D eigenvalue weighted by molar-refractivity contribution is 1.18. The van der Waals surface area contributed by atoms with Crippen LogP contribution in [-0.2, 0) is 5.75 Å². The summed E-state index contributed by atoms with van der Waals surface area (Å²) in [4.78, 5) is 8.00. The first kappa shape index (κ1) is 12.7. The molecule has 2 rings (SSSR count). The molecule has 8 heteroatoms. The second kappa shape index (κ2) is 5.28. The summed E-state index contributed by atoms with van der Waals surface area (Å²) >= 11 is 7.08. The summed E-state index contributed by atoms with van der Waals surface area (Å²) in [6.45, 7) is 0. The number of fused-ring (bicyclic) bond motifs is 1. The summed E-state index contributed by atoms with van der Waals surface area (Å²) in [7, 11) is 0. The summed E-state index contributed by atoms with van der Waals surface area (Å²) in [5.41, 5.74) is 12.0. The van der Waals surface area contributed by atoms with Crippen molar-refractivity contribution in [2.24, 2.45) is 16.5 Å². The number of hydrogen-bond donors (Lipinski definition) is 3. The molecule has 0 saturated heterocycles. The van der Waals surface area contributed by atoms with Crippen molar-refractivity contribution in [3.63, 3.8) is 0 Å². The molecular weight excluding hydrogens is 272 g/mol. The van der Waals surface area contributed by atoms with Crippen LogP contribution in [0.3, 0.4) is 0 Å². The van der Waals surface area contributed by atoms with Crippen molar-refractivity contribution in [3.05, 3.63) is 35.2 Å².